The van der Waals surface area contributed by atoms with E-state index in [1.54, 1.807) is 34.6 Å². The predicted octanol–water partition coefficient (Wildman–Crippen LogP) is 1.31. The first-order valence-corrected chi connectivity index (χ1v) is 33.2. The summed E-state index contributed by atoms with van der Waals surface area (Å²) < 4.78 is 18.4. The highest BCUT2D eigenvalue weighted by Gasteiger charge is 2.46. The van der Waals surface area contributed by atoms with Gasteiger partial charge in [0.25, 0.3) is 11.8 Å². The van der Waals surface area contributed by atoms with E-state index in [1.165, 1.54) is 124 Å². The number of anilines is 1. The standard InChI is InChI=1S/C70H86N12O18/c1-33(2)56-69(96)98-37(7)52(63(90)72-44(29-39-18-22-41(83)23-19-39)65(92)81-27-13-15-46(81)67(94)77(9)31-48(85)79(56)11)75-61(88)43-26-17-35(5)59-54(43)74-55-50(51(71)58(87)36(6)60(55)100-59)62(89)76-53-38(8)99-70(97)57(34(3)4)80(12)49(86)32-78(10)68(95)47-16-14-28-82(47)66(93)45(73-64(53)91)30-40-20-24-42(84)25-21-40/h17-26,33-34,37-38,44-47,52-53,56-57,83-84H,13-16,27-32,71H2,1-12H3,(H,72,90)(H,73,91)(H,75,88)(H,76,89). The second-order valence-corrected chi connectivity index (χ2v) is 26.9. The van der Waals surface area contributed by atoms with Crippen LogP contribution in [0.1, 0.15) is 110 Å². The third-order valence-electron chi connectivity index (χ3n) is 19.0. The van der Waals surface area contributed by atoms with Crippen molar-refractivity contribution in [1.29, 1.82) is 0 Å². The molecular weight excluding hydrogens is 1300 g/mol. The first kappa shape index (κ1) is 73.6. The number of carbonyl (C=O) groups excluding carboxylic acids is 12. The molecule has 0 bridgehead atoms. The van der Waals surface area contributed by atoms with Crippen LogP contribution >= 0.6 is 0 Å². The van der Waals surface area contributed by atoms with E-state index in [2.05, 4.69) is 21.3 Å². The van der Waals surface area contributed by atoms with Gasteiger partial charge in [-0.2, -0.15) is 0 Å². The van der Waals surface area contributed by atoms with Crippen LogP contribution in [0.2, 0.25) is 0 Å². The van der Waals surface area contributed by atoms with Crippen LogP contribution in [-0.2, 0) is 70.3 Å². The van der Waals surface area contributed by atoms with Crippen LogP contribution in [0.15, 0.2) is 69.9 Å². The van der Waals surface area contributed by atoms with Crippen molar-refractivity contribution in [3.05, 3.63) is 104 Å². The van der Waals surface area contributed by atoms with E-state index in [0.29, 0.717) is 29.5 Å². The number of rotatable bonds is 10. The number of nitrogens with zero attached hydrogens (tertiary/aromatic N) is 7. The van der Waals surface area contributed by atoms with Gasteiger partial charge in [-0.05, 0) is 112 Å². The molecule has 4 saturated heterocycles. The van der Waals surface area contributed by atoms with E-state index in [0.717, 1.165) is 14.7 Å². The van der Waals surface area contributed by atoms with Gasteiger partial charge in [0.2, 0.25) is 52.7 Å². The summed E-state index contributed by atoms with van der Waals surface area (Å²) in [6.45, 7) is 11.3. The molecule has 10 unspecified atom stereocenters. The van der Waals surface area contributed by atoms with E-state index in [-0.39, 0.29) is 78.3 Å². The van der Waals surface area contributed by atoms with Crippen LogP contribution in [0.5, 0.6) is 11.5 Å². The number of fused-ring (bicyclic) bond motifs is 4. The number of benzene rings is 4. The Morgan fingerprint density at radius 3 is 1.45 bits per heavy atom. The number of likely N-dealkylation sites (N-methyl/N-ethyl adjacent to an activating group) is 4. The monoisotopic (exact) mass is 1380 g/mol. The van der Waals surface area contributed by atoms with Crippen molar-refractivity contribution in [2.45, 2.75) is 154 Å². The van der Waals surface area contributed by atoms with Gasteiger partial charge in [-0.15, -0.1) is 0 Å². The Balaban J connectivity index is 1.13. The Morgan fingerprint density at radius 1 is 0.610 bits per heavy atom. The van der Waals surface area contributed by atoms with Crippen LogP contribution in [0.4, 0.5) is 5.69 Å². The fourth-order valence-electron chi connectivity index (χ4n) is 13.5. The number of nitrogens with one attached hydrogen (secondary N) is 4. The zero-order valence-corrected chi connectivity index (χ0v) is 57.9. The third kappa shape index (κ3) is 15.3. The minimum atomic E-state index is -1.98. The maximum atomic E-state index is 15.4. The zero-order chi connectivity index (χ0) is 73.2. The molecule has 30 nitrogen and oxygen atoms in total. The van der Waals surface area contributed by atoms with Crippen LogP contribution < -0.4 is 32.4 Å². The van der Waals surface area contributed by atoms with E-state index < -0.39 is 179 Å². The van der Waals surface area contributed by atoms with Gasteiger partial charge in [-0.3, -0.25) is 52.7 Å². The van der Waals surface area contributed by atoms with Crippen molar-refractivity contribution in [2.75, 3.05) is 60.1 Å². The fraction of sp³-hybridized carbons (Fsp3) is 0.486. The molecule has 4 fully saturated rings. The van der Waals surface area contributed by atoms with Gasteiger partial charge >= 0.3 is 11.9 Å². The van der Waals surface area contributed by atoms with E-state index >= 15 is 19.2 Å². The van der Waals surface area contributed by atoms with Crippen LogP contribution in [-0.4, -0.2) is 231 Å². The van der Waals surface area contributed by atoms with Gasteiger partial charge < -0.3 is 80.5 Å². The molecule has 10 amide bonds. The highest BCUT2D eigenvalue weighted by atomic mass is 16.6. The smallest absolute Gasteiger partial charge is 0.329 e. The highest BCUT2D eigenvalue weighted by molar-refractivity contribution is 6.10. The average Bonchev–Trinajstić information content (AvgIpc) is 1.01. The number of esters is 2. The maximum absolute atomic E-state index is 15.4. The number of hydrogen-bond acceptors (Lipinski definition) is 20. The molecule has 3 aromatic carbocycles. The minimum Gasteiger partial charge on any atom is -0.508 e. The summed E-state index contributed by atoms with van der Waals surface area (Å²) in [5.74, 6) is -12.2. The topological polar surface area (TPSA) is 400 Å². The van der Waals surface area contributed by atoms with E-state index in [1.807, 2.05) is 0 Å². The summed E-state index contributed by atoms with van der Waals surface area (Å²) in [5, 5.41) is 31.0. The molecule has 9 rings (SSSR count). The molecule has 8 N–H and O–H groups in total. The number of nitrogens with two attached hydrogens (primary N) is 1. The number of ether oxygens (including phenoxy) is 2. The van der Waals surface area contributed by atoms with Crippen molar-refractivity contribution in [3.63, 3.8) is 0 Å². The number of nitrogen functional groups attached to an aromatic ring is 1. The summed E-state index contributed by atoms with van der Waals surface area (Å²) in [7, 11) is 5.50. The number of aromatic nitrogens is 1. The molecule has 3 aromatic rings. The molecular formula is C70H86N12O18. The maximum Gasteiger partial charge on any atom is 0.329 e. The number of phenols is 2. The number of aromatic hydroxyl groups is 2. The van der Waals surface area contributed by atoms with Crippen molar-refractivity contribution >= 4 is 87.8 Å². The minimum absolute atomic E-state index is 0.0783. The van der Waals surface area contributed by atoms with E-state index in [4.69, 9.17) is 24.6 Å². The molecule has 5 aliphatic heterocycles. The Bertz CT molecular complexity index is 4100. The van der Waals surface area contributed by atoms with Crippen LogP contribution in [0.3, 0.4) is 0 Å². The fourth-order valence-corrected chi connectivity index (χ4v) is 13.5. The van der Waals surface area contributed by atoms with Crippen molar-refractivity contribution < 1.29 is 81.6 Å². The summed E-state index contributed by atoms with van der Waals surface area (Å²) in [6.07, 6.45) is -2.50. The molecule has 1 aliphatic carbocycles. The van der Waals surface area contributed by atoms with Gasteiger partial charge in [-0.1, -0.05) is 58.0 Å². The number of amides is 10. The Morgan fingerprint density at radius 2 is 1.03 bits per heavy atom. The molecule has 0 saturated carbocycles. The molecule has 10 atom stereocenters. The Kier molecular flexibility index (Phi) is 22.2. The first-order valence-electron chi connectivity index (χ1n) is 33.2. The van der Waals surface area contributed by atoms with E-state index in [9.17, 15) is 53.4 Å². The van der Waals surface area contributed by atoms with Gasteiger partial charge in [0.1, 0.15) is 83.3 Å². The Labute approximate surface area is 576 Å². The first-order chi connectivity index (χ1) is 47.2. The van der Waals surface area contributed by atoms with Crippen LogP contribution in [0, 0.1) is 25.7 Å². The lowest BCUT2D eigenvalue weighted by atomic mass is 9.98. The number of hydrogen-bond donors (Lipinski definition) is 7. The second-order valence-electron chi connectivity index (χ2n) is 26.9. The highest BCUT2D eigenvalue weighted by Crippen LogP contribution is 2.36. The molecule has 0 radical (unpaired) electrons. The van der Waals surface area contributed by atoms with Crippen molar-refractivity contribution in [3.8, 4) is 23.0 Å². The number of carbonyl (C=O) groups is 12. The zero-order valence-electron chi connectivity index (χ0n) is 57.9. The third-order valence-corrected chi connectivity index (χ3v) is 19.0. The lowest BCUT2D eigenvalue weighted by Crippen LogP contribution is -2.61. The molecule has 5 heterocycles. The molecule has 534 valence electrons. The van der Waals surface area contributed by atoms with Gasteiger partial charge in [0, 0.05) is 59.7 Å². The summed E-state index contributed by atoms with van der Waals surface area (Å²) >= 11 is 0. The molecule has 0 aromatic heterocycles. The largest absolute Gasteiger partial charge is 0.508 e. The molecule has 30 heteroatoms. The van der Waals surface area contributed by atoms with Crippen molar-refractivity contribution in [2.24, 2.45) is 11.8 Å². The van der Waals surface area contributed by atoms with Gasteiger partial charge in [0.15, 0.2) is 11.3 Å². The summed E-state index contributed by atoms with van der Waals surface area (Å²) in [4.78, 5) is 202. The quantitative estimate of drug-likeness (QED) is 0.0589. The molecule has 0 spiro atoms. The summed E-state index contributed by atoms with van der Waals surface area (Å²) in [6, 6.07) is 2.75. The molecule has 6 aliphatic rings. The Hall–Kier alpha value is -10.7. The predicted molar refractivity (Wildman–Crippen MR) is 359 cm³/mol. The SMILES string of the molecule is Cc1c2oc3c(C)ccc(C(=O)NC4C(=O)NC(Cc5ccc(O)cc5)C(=O)N5CCCC5C(=O)N(C)CC(=O)N(C)C(C(C)C)C(=O)OC4C)c3nc-2c(C(=O)NC2C(=O)NC(Cc3ccc(O)cc3)C(=O)N3CCCC3C(=O)N(C)CC(=O)N(C)C(C(C)C)C(=O)OC2C)c(N)c1=O. The summed E-state index contributed by atoms with van der Waals surface area (Å²) in [5.41, 5.74) is 4.14. The number of phenolic OH excluding ortho intramolecular Hbond substituents is 2. The number of aryl methyl sites for hydroxylation is 1. The normalized spacial score (nSPS) is 24.6. The van der Waals surface area contributed by atoms with Gasteiger partial charge in [0.05, 0.1) is 29.9 Å². The molecule has 100 heavy (non-hydrogen) atoms. The van der Waals surface area contributed by atoms with Crippen LogP contribution in [0.25, 0.3) is 22.6 Å². The van der Waals surface area contributed by atoms with Crippen molar-refractivity contribution in [1.82, 2.24) is 55.7 Å². The average molecular weight is 1380 g/mol. The number of cyclic esters (lactones) is 2. The second kappa shape index (κ2) is 30.2. The van der Waals surface area contributed by atoms with Gasteiger partial charge in [-0.25, -0.2) is 14.6 Å². The lowest BCUT2D eigenvalue weighted by Gasteiger charge is -2.35. The lowest BCUT2D eigenvalue weighted by molar-refractivity contribution is -0.163.